The predicted molar refractivity (Wildman–Crippen MR) is 117 cm³/mol. The monoisotopic (exact) mass is 438 g/mol. The van der Waals surface area contributed by atoms with Gasteiger partial charge in [-0.25, -0.2) is 9.37 Å². The van der Waals surface area contributed by atoms with Crippen molar-refractivity contribution < 1.29 is 14.0 Å². The van der Waals surface area contributed by atoms with Crippen LogP contribution in [0, 0.1) is 12.7 Å². The van der Waals surface area contributed by atoms with Gasteiger partial charge in [0.2, 0.25) is 11.8 Å². The minimum absolute atomic E-state index is 0.0886. The molecule has 3 N–H and O–H groups in total. The highest BCUT2D eigenvalue weighted by molar-refractivity contribution is 7.98. The van der Waals surface area contributed by atoms with Crippen molar-refractivity contribution in [3.63, 3.8) is 0 Å². The number of nitrogens with zero attached hydrogens (tertiary/aromatic N) is 1. The molecule has 4 rings (SSSR count). The SMILES string of the molecule is Cc1ccc(NC(=O)C2CC(=O)Nc3nc(SCc4ccc(F)cc4)[nH]c(=O)c32)cc1. The number of aromatic amines is 1. The van der Waals surface area contributed by atoms with Gasteiger partial charge in [-0.3, -0.25) is 14.4 Å². The average Bonchev–Trinajstić information content (AvgIpc) is 2.74. The summed E-state index contributed by atoms with van der Waals surface area (Å²) < 4.78 is 13.0. The van der Waals surface area contributed by atoms with Gasteiger partial charge in [0.15, 0.2) is 5.16 Å². The fourth-order valence-corrected chi connectivity index (χ4v) is 4.06. The number of rotatable bonds is 5. The number of thioether (sulfide) groups is 1. The van der Waals surface area contributed by atoms with E-state index < -0.39 is 17.4 Å². The molecule has 0 fully saturated rings. The molecular weight excluding hydrogens is 419 g/mol. The average molecular weight is 438 g/mol. The molecule has 1 aliphatic heterocycles. The molecule has 0 radical (unpaired) electrons. The van der Waals surface area contributed by atoms with E-state index in [-0.39, 0.29) is 29.5 Å². The number of nitrogens with one attached hydrogen (secondary N) is 3. The van der Waals surface area contributed by atoms with Gasteiger partial charge in [-0.15, -0.1) is 0 Å². The predicted octanol–water partition coefficient (Wildman–Crippen LogP) is 3.57. The fraction of sp³-hybridized carbons (Fsp3) is 0.182. The molecule has 9 heteroatoms. The highest BCUT2D eigenvalue weighted by Gasteiger charge is 2.34. The van der Waals surface area contributed by atoms with Gasteiger partial charge >= 0.3 is 0 Å². The lowest BCUT2D eigenvalue weighted by Gasteiger charge is -2.23. The van der Waals surface area contributed by atoms with Crippen LogP contribution in [0.25, 0.3) is 0 Å². The van der Waals surface area contributed by atoms with Gasteiger partial charge in [0.05, 0.1) is 11.5 Å². The number of carbonyl (C=O) groups excluding carboxylic acids is 2. The number of hydrogen-bond acceptors (Lipinski definition) is 5. The number of halogens is 1. The van der Waals surface area contributed by atoms with Crippen molar-refractivity contribution in [3.05, 3.63) is 81.4 Å². The molecule has 7 nitrogen and oxygen atoms in total. The zero-order valence-corrected chi connectivity index (χ0v) is 17.4. The molecule has 1 aliphatic rings. The van der Waals surface area contributed by atoms with Crippen molar-refractivity contribution >= 4 is 35.1 Å². The Morgan fingerprint density at radius 2 is 1.87 bits per heavy atom. The second kappa shape index (κ2) is 8.73. The van der Waals surface area contributed by atoms with Crippen LogP contribution in [0.2, 0.25) is 0 Å². The van der Waals surface area contributed by atoms with Crippen LogP contribution >= 0.6 is 11.8 Å². The Morgan fingerprint density at radius 1 is 1.16 bits per heavy atom. The number of hydrogen-bond donors (Lipinski definition) is 3. The number of aryl methyl sites for hydroxylation is 1. The topological polar surface area (TPSA) is 104 Å². The maximum atomic E-state index is 13.0. The van der Waals surface area contributed by atoms with Crippen molar-refractivity contribution in [2.24, 2.45) is 0 Å². The highest BCUT2D eigenvalue weighted by atomic mass is 32.2. The molecule has 31 heavy (non-hydrogen) atoms. The lowest BCUT2D eigenvalue weighted by atomic mass is 9.92. The summed E-state index contributed by atoms with van der Waals surface area (Å²) in [5, 5.41) is 5.65. The van der Waals surface area contributed by atoms with Gasteiger partial charge < -0.3 is 15.6 Å². The summed E-state index contributed by atoms with van der Waals surface area (Å²) in [5.74, 6) is -1.56. The molecule has 2 amide bonds. The molecular formula is C22H19FN4O3S. The number of benzene rings is 2. The van der Waals surface area contributed by atoms with E-state index in [9.17, 15) is 18.8 Å². The summed E-state index contributed by atoms with van der Waals surface area (Å²) in [6.07, 6.45) is -0.141. The molecule has 1 unspecified atom stereocenters. The molecule has 0 spiro atoms. The molecule has 3 aromatic rings. The van der Waals surface area contributed by atoms with Crippen LogP contribution in [0.3, 0.4) is 0 Å². The zero-order chi connectivity index (χ0) is 22.0. The third-order valence-corrected chi connectivity index (χ3v) is 5.80. The highest BCUT2D eigenvalue weighted by Crippen LogP contribution is 2.31. The van der Waals surface area contributed by atoms with Crippen molar-refractivity contribution in [1.29, 1.82) is 0 Å². The van der Waals surface area contributed by atoms with E-state index >= 15 is 0 Å². The summed E-state index contributed by atoms with van der Waals surface area (Å²) in [7, 11) is 0. The standard InChI is InChI=1S/C22H19FN4O3S/c1-12-2-8-15(9-3-12)24-20(29)16-10-17(28)25-19-18(16)21(30)27-22(26-19)31-11-13-4-6-14(23)7-5-13/h2-9,16H,10-11H2,1H3,(H,24,29)(H2,25,26,27,28,30). The maximum Gasteiger partial charge on any atom is 0.257 e. The second-order valence-corrected chi connectivity index (χ2v) is 8.17. The van der Waals surface area contributed by atoms with Crippen LogP contribution < -0.4 is 16.2 Å². The molecule has 0 saturated heterocycles. The van der Waals surface area contributed by atoms with Gasteiger partial charge in [-0.2, -0.15) is 0 Å². The molecule has 0 aliphatic carbocycles. The van der Waals surface area contributed by atoms with E-state index in [2.05, 4.69) is 20.6 Å². The smallest absolute Gasteiger partial charge is 0.257 e. The Kier molecular flexibility index (Phi) is 5.85. The Balaban J connectivity index is 1.56. The van der Waals surface area contributed by atoms with E-state index in [4.69, 9.17) is 0 Å². The quantitative estimate of drug-likeness (QED) is 0.417. The van der Waals surface area contributed by atoms with Crippen LogP contribution in [-0.4, -0.2) is 21.8 Å². The molecule has 0 bridgehead atoms. The van der Waals surface area contributed by atoms with E-state index in [1.54, 1.807) is 24.3 Å². The number of aromatic nitrogens is 2. The van der Waals surface area contributed by atoms with Gasteiger partial charge in [-0.05, 0) is 36.8 Å². The number of carbonyl (C=O) groups is 2. The van der Waals surface area contributed by atoms with Crippen molar-refractivity contribution in [2.75, 3.05) is 10.6 Å². The second-order valence-electron chi connectivity index (χ2n) is 7.21. The molecule has 2 heterocycles. The third kappa shape index (κ3) is 4.83. The maximum absolute atomic E-state index is 13.0. The van der Waals surface area contributed by atoms with Gasteiger partial charge in [0.1, 0.15) is 11.6 Å². The lowest BCUT2D eigenvalue weighted by molar-refractivity contribution is -0.123. The first kappa shape index (κ1) is 20.8. The molecule has 0 saturated carbocycles. The van der Waals surface area contributed by atoms with Gasteiger partial charge in [-0.1, -0.05) is 41.6 Å². The largest absolute Gasteiger partial charge is 0.326 e. The summed E-state index contributed by atoms with van der Waals surface area (Å²) in [4.78, 5) is 44.8. The van der Waals surface area contributed by atoms with E-state index in [1.807, 2.05) is 19.1 Å². The van der Waals surface area contributed by atoms with Crippen LogP contribution in [-0.2, 0) is 15.3 Å². The fourth-order valence-electron chi connectivity index (χ4n) is 3.24. The minimum Gasteiger partial charge on any atom is -0.326 e. The summed E-state index contributed by atoms with van der Waals surface area (Å²) in [5.41, 5.74) is 2.14. The van der Waals surface area contributed by atoms with Gasteiger partial charge in [0, 0.05) is 17.9 Å². The first-order chi connectivity index (χ1) is 14.9. The summed E-state index contributed by atoms with van der Waals surface area (Å²) in [6, 6.07) is 13.2. The number of anilines is 2. The minimum atomic E-state index is -0.947. The number of H-pyrrole nitrogens is 1. The number of fused-ring (bicyclic) bond motifs is 1. The lowest BCUT2D eigenvalue weighted by Crippen LogP contribution is -2.36. The Labute approximate surface area is 181 Å². The summed E-state index contributed by atoms with van der Waals surface area (Å²) in [6.45, 7) is 1.93. The molecule has 1 aromatic heterocycles. The van der Waals surface area contributed by atoms with Crippen molar-refractivity contribution in [2.45, 2.75) is 30.2 Å². The van der Waals surface area contributed by atoms with Crippen LogP contribution in [0.4, 0.5) is 15.9 Å². The van der Waals surface area contributed by atoms with Gasteiger partial charge in [0.25, 0.3) is 5.56 Å². The molecule has 1 atom stereocenters. The first-order valence-electron chi connectivity index (χ1n) is 9.58. The van der Waals surface area contributed by atoms with E-state index in [0.29, 0.717) is 16.6 Å². The Morgan fingerprint density at radius 3 is 2.58 bits per heavy atom. The van der Waals surface area contributed by atoms with Crippen molar-refractivity contribution in [1.82, 2.24) is 9.97 Å². The van der Waals surface area contributed by atoms with E-state index in [1.165, 1.54) is 23.9 Å². The van der Waals surface area contributed by atoms with Crippen LogP contribution in [0.15, 0.2) is 58.5 Å². The molecule has 158 valence electrons. The zero-order valence-electron chi connectivity index (χ0n) is 16.6. The van der Waals surface area contributed by atoms with Crippen molar-refractivity contribution in [3.8, 4) is 0 Å². The van der Waals surface area contributed by atoms with E-state index in [0.717, 1.165) is 11.1 Å². The third-order valence-electron chi connectivity index (χ3n) is 4.85. The Bertz CT molecular complexity index is 1190. The van der Waals surface area contributed by atoms with Crippen LogP contribution in [0.1, 0.15) is 29.0 Å². The molecule has 2 aromatic carbocycles. The normalized spacial score (nSPS) is 15.2. The summed E-state index contributed by atoms with van der Waals surface area (Å²) >= 11 is 1.24. The number of amides is 2. The Hall–Kier alpha value is -3.46. The first-order valence-corrected chi connectivity index (χ1v) is 10.6. The van der Waals surface area contributed by atoms with Crippen LogP contribution in [0.5, 0.6) is 0 Å².